The Bertz CT molecular complexity index is 411. The molecule has 0 radical (unpaired) electrons. The number of nitrogens with one attached hydrogen (secondary N) is 1. The molecule has 0 aliphatic carbocycles. The number of nitriles is 1. The molecule has 1 aromatic heterocycles. The van der Waals surface area contributed by atoms with Crippen molar-refractivity contribution in [2.24, 2.45) is 0 Å². The highest BCUT2D eigenvalue weighted by atomic mass is 16.3. The molecule has 0 atom stereocenters. The summed E-state index contributed by atoms with van der Waals surface area (Å²) in [6.45, 7) is 5.54. The van der Waals surface area contributed by atoms with E-state index in [1.807, 2.05) is 13.8 Å². The Morgan fingerprint density at radius 1 is 1.56 bits per heavy atom. The largest absolute Gasteiger partial charge is 0.469 e. The predicted octanol–water partition coefficient (Wildman–Crippen LogP) is 2.40. The first-order chi connectivity index (χ1) is 7.56. The molecular formula is C12H16N2O2. The quantitative estimate of drug-likeness (QED) is 0.847. The Hall–Kier alpha value is -1.76. The van der Waals surface area contributed by atoms with Crippen LogP contribution in [-0.4, -0.2) is 11.4 Å². The van der Waals surface area contributed by atoms with Crippen LogP contribution < -0.4 is 5.32 Å². The molecule has 1 heterocycles. The Morgan fingerprint density at radius 3 is 2.56 bits per heavy atom. The van der Waals surface area contributed by atoms with Gasteiger partial charge < -0.3 is 9.73 Å². The van der Waals surface area contributed by atoms with Crippen molar-refractivity contribution in [1.82, 2.24) is 5.32 Å². The molecule has 0 saturated heterocycles. The lowest BCUT2D eigenvalue weighted by molar-refractivity contribution is 0.0915. The van der Waals surface area contributed by atoms with E-state index in [2.05, 4.69) is 11.4 Å². The molecule has 86 valence electrons. The fraction of sp³-hybridized carbons (Fsp3) is 0.500. The van der Waals surface area contributed by atoms with Crippen LogP contribution >= 0.6 is 0 Å². The van der Waals surface area contributed by atoms with Crippen molar-refractivity contribution >= 4 is 5.91 Å². The van der Waals surface area contributed by atoms with Gasteiger partial charge in [0.25, 0.3) is 5.91 Å². The lowest BCUT2D eigenvalue weighted by Gasteiger charge is -2.24. The van der Waals surface area contributed by atoms with Gasteiger partial charge in [-0.1, -0.05) is 13.8 Å². The van der Waals surface area contributed by atoms with Gasteiger partial charge in [0.15, 0.2) is 0 Å². The standard InChI is InChI=1S/C12H16N2O2/c1-4-12(5-2,8-13)14-11(15)10-6-9(3)16-7-10/h6-7H,4-5H2,1-3H3,(H,14,15). The third kappa shape index (κ3) is 2.43. The van der Waals surface area contributed by atoms with E-state index < -0.39 is 5.54 Å². The lowest BCUT2D eigenvalue weighted by atomic mass is 9.94. The van der Waals surface area contributed by atoms with Gasteiger partial charge in [0.1, 0.15) is 17.6 Å². The van der Waals surface area contributed by atoms with E-state index in [9.17, 15) is 4.79 Å². The summed E-state index contributed by atoms with van der Waals surface area (Å²) in [6.07, 6.45) is 2.57. The summed E-state index contributed by atoms with van der Waals surface area (Å²) in [5.74, 6) is 0.419. The topological polar surface area (TPSA) is 66.0 Å². The van der Waals surface area contributed by atoms with Gasteiger partial charge in [-0.15, -0.1) is 0 Å². The molecule has 0 unspecified atom stereocenters. The summed E-state index contributed by atoms with van der Waals surface area (Å²) in [5.41, 5.74) is -0.318. The number of furan rings is 1. The van der Waals surface area contributed by atoms with Crippen LogP contribution in [0.25, 0.3) is 0 Å². The zero-order chi connectivity index (χ0) is 12.2. The van der Waals surface area contributed by atoms with Gasteiger partial charge in [-0.2, -0.15) is 5.26 Å². The van der Waals surface area contributed by atoms with Crippen LogP contribution in [0.5, 0.6) is 0 Å². The number of rotatable bonds is 4. The van der Waals surface area contributed by atoms with Crippen LogP contribution in [0.1, 0.15) is 42.8 Å². The molecule has 4 heteroatoms. The second-order valence-corrected chi connectivity index (χ2v) is 3.80. The highest BCUT2D eigenvalue weighted by Crippen LogP contribution is 2.15. The van der Waals surface area contributed by atoms with Crippen LogP contribution in [0.3, 0.4) is 0 Å². The molecule has 0 saturated carbocycles. The highest BCUT2D eigenvalue weighted by Gasteiger charge is 2.28. The van der Waals surface area contributed by atoms with Crippen LogP contribution in [0.15, 0.2) is 16.7 Å². The molecule has 1 aromatic rings. The van der Waals surface area contributed by atoms with Crippen LogP contribution in [-0.2, 0) is 0 Å². The number of carbonyl (C=O) groups is 1. The van der Waals surface area contributed by atoms with Crippen LogP contribution in [0.2, 0.25) is 0 Å². The van der Waals surface area contributed by atoms with Gasteiger partial charge in [0.2, 0.25) is 0 Å². The smallest absolute Gasteiger partial charge is 0.255 e. The fourth-order valence-corrected chi connectivity index (χ4v) is 1.46. The van der Waals surface area contributed by atoms with E-state index in [1.54, 1.807) is 13.0 Å². The van der Waals surface area contributed by atoms with E-state index >= 15 is 0 Å². The van der Waals surface area contributed by atoms with Crippen molar-refractivity contribution in [3.63, 3.8) is 0 Å². The monoisotopic (exact) mass is 220 g/mol. The first-order valence-electron chi connectivity index (χ1n) is 5.35. The summed E-state index contributed by atoms with van der Waals surface area (Å²) >= 11 is 0. The fourth-order valence-electron chi connectivity index (χ4n) is 1.46. The molecule has 0 aromatic carbocycles. The number of carbonyl (C=O) groups excluding carboxylic acids is 1. The Balaban J connectivity index is 2.81. The second kappa shape index (κ2) is 4.84. The normalized spacial score (nSPS) is 10.9. The third-order valence-corrected chi connectivity index (χ3v) is 2.77. The molecule has 0 fully saturated rings. The van der Waals surface area contributed by atoms with E-state index in [4.69, 9.17) is 9.68 Å². The van der Waals surface area contributed by atoms with Crippen molar-refractivity contribution in [2.75, 3.05) is 0 Å². The second-order valence-electron chi connectivity index (χ2n) is 3.80. The summed E-state index contributed by atoms with van der Waals surface area (Å²) < 4.78 is 5.06. The van der Waals surface area contributed by atoms with Crippen LogP contribution in [0, 0.1) is 18.3 Å². The first-order valence-corrected chi connectivity index (χ1v) is 5.35. The molecule has 16 heavy (non-hydrogen) atoms. The number of hydrogen-bond acceptors (Lipinski definition) is 3. The zero-order valence-corrected chi connectivity index (χ0v) is 9.83. The van der Waals surface area contributed by atoms with E-state index in [0.717, 1.165) is 0 Å². The van der Waals surface area contributed by atoms with Gasteiger partial charge in [0, 0.05) is 0 Å². The van der Waals surface area contributed by atoms with Crippen molar-refractivity contribution < 1.29 is 9.21 Å². The molecule has 1 rings (SSSR count). The van der Waals surface area contributed by atoms with Gasteiger partial charge in [-0.3, -0.25) is 4.79 Å². The molecule has 0 aliphatic rings. The highest BCUT2D eigenvalue weighted by molar-refractivity contribution is 5.94. The number of nitrogens with zero attached hydrogens (tertiary/aromatic N) is 1. The Kier molecular flexibility index (Phi) is 3.73. The average molecular weight is 220 g/mol. The van der Waals surface area contributed by atoms with Crippen LogP contribution in [0.4, 0.5) is 0 Å². The summed E-state index contributed by atoms with van der Waals surface area (Å²) in [4.78, 5) is 11.8. The Morgan fingerprint density at radius 2 is 2.19 bits per heavy atom. The minimum absolute atomic E-state index is 0.262. The number of amides is 1. The van der Waals surface area contributed by atoms with Gasteiger partial charge >= 0.3 is 0 Å². The SMILES string of the molecule is CCC(C#N)(CC)NC(=O)c1coc(C)c1. The van der Waals surface area contributed by atoms with Gasteiger partial charge in [-0.25, -0.2) is 0 Å². The molecule has 0 spiro atoms. The van der Waals surface area contributed by atoms with E-state index in [-0.39, 0.29) is 5.91 Å². The zero-order valence-electron chi connectivity index (χ0n) is 9.83. The third-order valence-electron chi connectivity index (χ3n) is 2.77. The molecule has 1 N–H and O–H groups in total. The number of aryl methyl sites for hydroxylation is 1. The summed E-state index contributed by atoms with van der Waals surface area (Å²) in [7, 11) is 0. The minimum Gasteiger partial charge on any atom is -0.469 e. The predicted molar refractivity (Wildman–Crippen MR) is 59.8 cm³/mol. The van der Waals surface area contributed by atoms with E-state index in [1.165, 1.54) is 6.26 Å². The molecule has 0 bridgehead atoms. The number of hydrogen-bond donors (Lipinski definition) is 1. The average Bonchev–Trinajstić information content (AvgIpc) is 2.73. The maximum absolute atomic E-state index is 11.8. The molecular weight excluding hydrogens is 204 g/mol. The summed E-state index contributed by atoms with van der Waals surface area (Å²) in [5, 5.41) is 11.8. The van der Waals surface area contributed by atoms with Crippen molar-refractivity contribution in [3.8, 4) is 6.07 Å². The minimum atomic E-state index is -0.776. The molecule has 1 amide bonds. The maximum atomic E-state index is 11.8. The summed E-state index contributed by atoms with van der Waals surface area (Å²) in [6, 6.07) is 3.82. The van der Waals surface area contributed by atoms with Crippen molar-refractivity contribution in [2.45, 2.75) is 39.2 Å². The van der Waals surface area contributed by atoms with Gasteiger partial charge in [-0.05, 0) is 25.8 Å². The first kappa shape index (κ1) is 12.3. The molecule has 4 nitrogen and oxygen atoms in total. The lowest BCUT2D eigenvalue weighted by Crippen LogP contribution is -2.46. The maximum Gasteiger partial charge on any atom is 0.255 e. The van der Waals surface area contributed by atoms with Gasteiger partial charge in [0.05, 0.1) is 11.6 Å². The van der Waals surface area contributed by atoms with Crippen molar-refractivity contribution in [3.05, 3.63) is 23.7 Å². The molecule has 0 aliphatic heterocycles. The Labute approximate surface area is 95.2 Å². The van der Waals surface area contributed by atoms with E-state index in [0.29, 0.717) is 24.2 Å². The van der Waals surface area contributed by atoms with Crippen molar-refractivity contribution in [1.29, 1.82) is 5.26 Å².